The molecule has 1 aliphatic heterocycles. The summed E-state index contributed by atoms with van der Waals surface area (Å²) in [5.74, 6) is 1.01. The van der Waals surface area contributed by atoms with Gasteiger partial charge in [-0.3, -0.25) is 0 Å². The van der Waals surface area contributed by atoms with Gasteiger partial charge in [0.15, 0.2) is 6.79 Å². The normalized spacial score (nSPS) is 20.9. The molecule has 1 unspecified atom stereocenters. The molecule has 3 atom stereocenters. The molecule has 3 rings (SSSR count). The zero-order valence-corrected chi connectivity index (χ0v) is 22.9. The van der Waals surface area contributed by atoms with Crippen LogP contribution in [-0.4, -0.2) is 59.7 Å². The summed E-state index contributed by atoms with van der Waals surface area (Å²) >= 11 is 0. The molecule has 1 heterocycles. The third-order valence-corrected chi connectivity index (χ3v) is 6.48. The predicted octanol–water partition coefficient (Wildman–Crippen LogP) is 5.33. The third-order valence-electron chi connectivity index (χ3n) is 6.48. The first-order chi connectivity index (χ1) is 18.5. The van der Waals surface area contributed by atoms with E-state index >= 15 is 0 Å². The molecule has 38 heavy (non-hydrogen) atoms. The van der Waals surface area contributed by atoms with Crippen LogP contribution in [0.25, 0.3) is 0 Å². The molecule has 0 N–H and O–H groups in total. The summed E-state index contributed by atoms with van der Waals surface area (Å²) in [6, 6.07) is 13.3. The Bertz CT molecular complexity index is 1000. The number of rotatable bonds is 12. The van der Waals surface area contributed by atoms with E-state index in [-0.39, 0.29) is 25.6 Å². The molecule has 2 aromatic rings. The molecule has 0 radical (unpaired) electrons. The molecular formula is C30H40O8. The molecular weight excluding hydrogens is 488 g/mol. The lowest BCUT2D eigenvalue weighted by Gasteiger charge is -2.28. The minimum Gasteiger partial charge on any atom is -0.497 e. The fourth-order valence-electron chi connectivity index (χ4n) is 4.33. The van der Waals surface area contributed by atoms with Crippen molar-refractivity contribution in [1.29, 1.82) is 0 Å². The van der Waals surface area contributed by atoms with E-state index in [9.17, 15) is 4.79 Å². The van der Waals surface area contributed by atoms with Crippen LogP contribution in [0.15, 0.2) is 54.6 Å². The van der Waals surface area contributed by atoms with Gasteiger partial charge in [0.25, 0.3) is 0 Å². The maximum atomic E-state index is 13.5. The van der Waals surface area contributed by atoms with Crippen LogP contribution in [0.1, 0.15) is 47.7 Å². The number of hydrogen-bond acceptors (Lipinski definition) is 8. The molecule has 0 bridgehead atoms. The van der Waals surface area contributed by atoms with Crippen LogP contribution in [0.4, 0.5) is 0 Å². The van der Waals surface area contributed by atoms with Gasteiger partial charge in [-0.2, -0.15) is 0 Å². The second kappa shape index (κ2) is 16.1. The van der Waals surface area contributed by atoms with Crippen molar-refractivity contribution in [3.8, 4) is 11.5 Å². The molecule has 0 fully saturated rings. The van der Waals surface area contributed by atoms with Crippen molar-refractivity contribution < 1.29 is 38.0 Å². The second-order valence-electron chi connectivity index (χ2n) is 9.29. The van der Waals surface area contributed by atoms with Gasteiger partial charge in [0.1, 0.15) is 30.0 Å². The number of allylic oxidation sites excluding steroid dienone is 2. The highest BCUT2D eigenvalue weighted by molar-refractivity contribution is 5.94. The van der Waals surface area contributed by atoms with Gasteiger partial charge in [0.2, 0.25) is 0 Å². The van der Waals surface area contributed by atoms with Gasteiger partial charge >= 0.3 is 5.97 Å². The Balaban J connectivity index is 1.77. The third kappa shape index (κ3) is 9.13. The zero-order valence-electron chi connectivity index (χ0n) is 22.9. The quantitative estimate of drug-likeness (QED) is 0.158. The Morgan fingerprint density at radius 2 is 1.76 bits per heavy atom. The standard InChI is InChI=1S/C30H40O8/c1-22-8-5-6-9-24-10-7-11-27(36-20-32-2)29(24)30(31)38-26(18-28(22)37-21-33-3)16-17-35-19-23-12-14-25(34-4)15-13-23/h5-7,10-15,22,26,28H,8-9,16-21H2,1-4H3/b6-5+/t22-,26-,28?/m1/s1. The highest BCUT2D eigenvalue weighted by Crippen LogP contribution is 2.28. The zero-order chi connectivity index (χ0) is 27.2. The molecule has 0 amide bonds. The number of benzene rings is 2. The number of esters is 1. The highest BCUT2D eigenvalue weighted by atomic mass is 16.7. The Kier molecular flexibility index (Phi) is 12.6. The number of cyclic esters (lactones) is 1. The van der Waals surface area contributed by atoms with Crippen molar-refractivity contribution in [2.45, 2.75) is 51.4 Å². The summed E-state index contributed by atoms with van der Waals surface area (Å²) in [7, 11) is 4.78. The van der Waals surface area contributed by atoms with E-state index in [1.165, 1.54) is 0 Å². The lowest BCUT2D eigenvalue weighted by Crippen LogP contribution is -2.32. The number of fused-ring (bicyclic) bond motifs is 1. The summed E-state index contributed by atoms with van der Waals surface area (Å²) < 4.78 is 39.2. The van der Waals surface area contributed by atoms with Crippen LogP contribution >= 0.6 is 0 Å². The number of methoxy groups -OCH3 is 3. The van der Waals surface area contributed by atoms with E-state index in [4.69, 9.17) is 33.2 Å². The van der Waals surface area contributed by atoms with E-state index in [1.807, 2.05) is 36.4 Å². The molecule has 8 nitrogen and oxygen atoms in total. The maximum Gasteiger partial charge on any atom is 0.342 e. The van der Waals surface area contributed by atoms with Gasteiger partial charge in [0, 0.05) is 27.1 Å². The van der Waals surface area contributed by atoms with Crippen LogP contribution in [0.3, 0.4) is 0 Å². The summed E-state index contributed by atoms with van der Waals surface area (Å²) in [5.41, 5.74) is 2.30. The number of ether oxygens (including phenoxy) is 7. The number of carbonyl (C=O) groups excluding carboxylic acids is 1. The Hall–Kier alpha value is -2.91. The van der Waals surface area contributed by atoms with Gasteiger partial charge in [-0.05, 0) is 48.1 Å². The van der Waals surface area contributed by atoms with E-state index in [0.29, 0.717) is 43.8 Å². The largest absolute Gasteiger partial charge is 0.497 e. The SMILES string of the molecule is COCOc1cccc2c1C(=O)O[C@H](CCOCc1ccc(OC)cc1)CC(OCOC)[C@H](C)C/C=C/C2. The topological polar surface area (TPSA) is 81.7 Å². The minimum absolute atomic E-state index is 0.0344. The summed E-state index contributed by atoms with van der Waals surface area (Å²) in [4.78, 5) is 13.5. The van der Waals surface area contributed by atoms with E-state index in [2.05, 4.69) is 19.1 Å². The molecule has 208 valence electrons. The molecule has 1 aliphatic rings. The van der Waals surface area contributed by atoms with Gasteiger partial charge in [-0.15, -0.1) is 0 Å². The number of carbonyl (C=O) groups is 1. The van der Waals surface area contributed by atoms with Crippen LogP contribution in [-0.2, 0) is 36.7 Å². The molecule has 0 aromatic heterocycles. The highest BCUT2D eigenvalue weighted by Gasteiger charge is 2.28. The lowest BCUT2D eigenvalue weighted by atomic mass is 9.93. The second-order valence-corrected chi connectivity index (χ2v) is 9.29. The van der Waals surface area contributed by atoms with E-state index in [0.717, 1.165) is 23.3 Å². The molecule has 0 saturated carbocycles. The van der Waals surface area contributed by atoms with E-state index < -0.39 is 12.1 Å². The first-order valence-corrected chi connectivity index (χ1v) is 13.0. The predicted molar refractivity (Wildman–Crippen MR) is 143 cm³/mol. The van der Waals surface area contributed by atoms with Crippen LogP contribution in [0, 0.1) is 5.92 Å². The Labute approximate surface area is 225 Å². The van der Waals surface area contributed by atoms with Gasteiger partial charge < -0.3 is 33.2 Å². The maximum absolute atomic E-state index is 13.5. The van der Waals surface area contributed by atoms with Crippen LogP contribution in [0.5, 0.6) is 11.5 Å². The van der Waals surface area contributed by atoms with Gasteiger partial charge in [0.05, 0.1) is 26.4 Å². The Morgan fingerprint density at radius 3 is 2.50 bits per heavy atom. The average Bonchev–Trinajstić information content (AvgIpc) is 2.93. The van der Waals surface area contributed by atoms with E-state index in [1.54, 1.807) is 27.4 Å². The van der Waals surface area contributed by atoms with Gasteiger partial charge in [-0.25, -0.2) is 4.79 Å². The fourth-order valence-corrected chi connectivity index (χ4v) is 4.33. The van der Waals surface area contributed by atoms with Crippen molar-refractivity contribution >= 4 is 5.97 Å². The first kappa shape index (κ1) is 29.6. The smallest absolute Gasteiger partial charge is 0.342 e. The van der Waals surface area contributed by atoms with Crippen LogP contribution < -0.4 is 9.47 Å². The first-order valence-electron chi connectivity index (χ1n) is 13.0. The molecule has 0 saturated heterocycles. The average molecular weight is 529 g/mol. The number of hydrogen-bond donors (Lipinski definition) is 0. The summed E-state index contributed by atoms with van der Waals surface area (Å²) in [5, 5.41) is 0. The van der Waals surface area contributed by atoms with Crippen molar-refractivity contribution in [2.75, 3.05) is 41.5 Å². The molecule has 0 aliphatic carbocycles. The van der Waals surface area contributed by atoms with Crippen molar-refractivity contribution in [3.05, 3.63) is 71.3 Å². The van der Waals surface area contributed by atoms with Crippen molar-refractivity contribution in [1.82, 2.24) is 0 Å². The Morgan fingerprint density at radius 1 is 0.974 bits per heavy atom. The lowest BCUT2D eigenvalue weighted by molar-refractivity contribution is -0.104. The van der Waals surface area contributed by atoms with Crippen LogP contribution in [0.2, 0.25) is 0 Å². The molecule has 8 heteroatoms. The summed E-state index contributed by atoms with van der Waals surface area (Å²) in [6.07, 6.45) is 6.09. The minimum atomic E-state index is -0.432. The monoisotopic (exact) mass is 528 g/mol. The molecule has 2 aromatic carbocycles. The molecule has 0 spiro atoms. The fraction of sp³-hybridized carbons (Fsp3) is 0.500. The summed E-state index contributed by atoms with van der Waals surface area (Å²) in [6.45, 7) is 3.22. The van der Waals surface area contributed by atoms with Crippen molar-refractivity contribution in [2.24, 2.45) is 5.92 Å². The van der Waals surface area contributed by atoms with Gasteiger partial charge in [-0.1, -0.05) is 43.3 Å². The van der Waals surface area contributed by atoms with Crippen molar-refractivity contribution in [3.63, 3.8) is 0 Å².